The van der Waals surface area contributed by atoms with Crippen molar-refractivity contribution < 1.29 is 19.1 Å². The number of piperidine rings is 1. The molecule has 6 heteroatoms. The Kier molecular flexibility index (Phi) is 5.16. The Morgan fingerprint density at radius 1 is 1.19 bits per heavy atom. The predicted molar refractivity (Wildman–Crippen MR) is 76.4 cm³/mol. The number of esters is 1. The van der Waals surface area contributed by atoms with Crippen LogP contribution in [0.15, 0.2) is 30.3 Å². The van der Waals surface area contributed by atoms with Crippen LogP contribution in [0.4, 0.5) is 4.79 Å². The molecule has 0 radical (unpaired) electrons. The highest BCUT2D eigenvalue weighted by molar-refractivity contribution is 5.72. The first kappa shape index (κ1) is 15.3. The molecular weight excluding hydrogens is 272 g/mol. The van der Waals surface area contributed by atoms with E-state index in [1.54, 1.807) is 0 Å². The molecule has 0 spiro atoms. The third-order valence-corrected chi connectivity index (χ3v) is 3.54. The van der Waals surface area contributed by atoms with Crippen LogP contribution in [0.3, 0.4) is 0 Å². The highest BCUT2D eigenvalue weighted by atomic mass is 16.6. The lowest BCUT2D eigenvalue weighted by molar-refractivity contribution is -0.151. The van der Waals surface area contributed by atoms with Crippen LogP contribution in [-0.2, 0) is 20.9 Å². The Morgan fingerprint density at radius 2 is 1.86 bits per heavy atom. The first-order chi connectivity index (χ1) is 10.1. The zero-order chi connectivity index (χ0) is 15.1. The maximum atomic E-state index is 12.0. The van der Waals surface area contributed by atoms with Crippen molar-refractivity contribution in [2.45, 2.75) is 31.5 Å². The van der Waals surface area contributed by atoms with E-state index in [9.17, 15) is 9.59 Å². The first-order valence-corrected chi connectivity index (χ1v) is 6.98. The van der Waals surface area contributed by atoms with Crippen LogP contribution >= 0.6 is 0 Å². The van der Waals surface area contributed by atoms with Crippen LogP contribution in [0.25, 0.3) is 0 Å². The van der Waals surface area contributed by atoms with Gasteiger partial charge in [-0.2, -0.15) is 0 Å². The van der Waals surface area contributed by atoms with Crippen molar-refractivity contribution in [1.29, 1.82) is 0 Å². The number of benzene rings is 1. The number of primary amides is 1. The van der Waals surface area contributed by atoms with Crippen LogP contribution in [0.5, 0.6) is 0 Å². The molecule has 2 rings (SSSR count). The van der Waals surface area contributed by atoms with E-state index in [1.165, 1.54) is 0 Å². The maximum absolute atomic E-state index is 12.0. The summed E-state index contributed by atoms with van der Waals surface area (Å²) in [6.45, 7) is 1.57. The van der Waals surface area contributed by atoms with E-state index >= 15 is 0 Å². The van der Waals surface area contributed by atoms with E-state index in [-0.39, 0.29) is 19.0 Å². The molecule has 1 fully saturated rings. The summed E-state index contributed by atoms with van der Waals surface area (Å²) in [7, 11) is 0. The van der Waals surface area contributed by atoms with Crippen molar-refractivity contribution in [2.75, 3.05) is 13.1 Å². The number of nitrogens with two attached hydrogens (primary N) is 1. The van der Waals surface area contributed by atoms with Gasteiger partial charge in [-0.25, -0.2) is 4.79 Å². The Morgan fingerprint density at radius 3 is 2.48 bits per heavy atom. The lowest BCUT2D eigenvalue weighted by atomic mass is 9.89. The Hall–Kier alpha value is -2.08. The van der Waals surface area contributed by atoms with Gasteiger partial charge in [-0.1, -0.05) is 30.3 Å². The second-order valence-electron chi connectivity index (χ2n) is 5.18. The van der Waals surface area contributed by atoms with E-state index < -0.39 is 11.7 Å². The van der Waals surface area contributed by atoms with Crippen LogP contribution in [0.1, 0.15) is 24.8 Å². The van der Waals surface area contributed by atoms with Crippen molar-refractivity contribution in [2.24, 2.45) is 5.73 Å². The third-order valence-electron chi connectivity index (χ3n) is 3.54. The quantitative estimate of drug-likeness (QED) is 0.799. The summed E-state index contributed by atoms with van der Waals surface area (Å²) < 4.78 is 10.4. The predicted octanol–water partition coefficient (Wildman–Crippen LogP) is 1.34. The molecular formula is C15H20N2O4. The molecule has 0 atom stereocenters. The fourth-order valence-corrected chi connectivity index (χ4v) is 2.46. The van der Waals surface area contributed by atoms with Crippen molar-refractivity contribution in [3.8, 4) is 0 Å². The summed E-state index contributed by atoms with van der Waals surface area (Å²) >= 11 is 0. The van der Waals surface area contributed by atoms with Gasteiger partial charge in [-0.15, -0.1) is 0 Å². The largest absolute Gasteiger partial charge is 0.461 e. The van der Waals surface area contributed by atoms with Gasteiger partial charge in [0.05, 0.1) is 6.42 Å². The molecule has 0 bridgehead atoms. The Labute approximate surface area is 123 Å². The van der Waals surface area contributed by atoms with Crippen LogP contribution < -0.4 is 11.1 Å². The van der Waals surface area contributed by atoms with Gasteiger partial charge >= 0.3 is 12.1 Å². The number of hydrogen-bond donors (Lipinski definition) is 2. The molecule has 1 aromatic rings. The smallest absolute Gasteiger partial charge is 0.405 e. The Balaban J connectivity index is 1.90. The zero-order valence-corrected chi connectivity index (χ0v) is 11.8. The molecule has 1 aromatic carbocycles. The second-order valence-corrected chi connectivity index (χ2v) is 5.18. The average molecular weight is 292 g/mol. The SMILES string of the molecule is NC(=O)OC1(CC(=O)OCc2ccccc2)CCNCC1. The third kappa shape index (κ3) is 4.75. The van der Waals surface area contributed by atoms with Crippen molar-refractivity contribution in [3.05, 3.63) is 35.9 Å². The number of carbonyl (C=O) groups is 2. The normalized spacial score (nSPS) is 17.0. The van der Waals surface area contributed by atoms with Gasteiger partial charge in [0.1, 0.15) is 12.2 Å². The number of nitrogens with one attached hydrogen (secondary N) is 1. The van der Waals surface area contributed by atoms with E-state index in [4.69, 9.17) is 15.2 Å². The average Bonchev–Trinajstić information content (AvgIpc) is 2.46. The molecule has 0 saturated carbocycles. The van der Waals surface area contributed by atoms with Gasteiger partial charge in [0.2, 0.25) is 0 Å². The molecule has 0 unspecified atom stereocenters. The van der Waals surface area contributed by atoms with Gasteiger partial charge in [0.25, 0.3) is 0 Å². The molecule has 1 heterocycles. The second kappa shape index (κ2) is 7.08. The summed E-state index contributed by atoms with van der Waals surface area (Å²) in [6.07, 6.45) is 0.282. The van der Waals surface area contributed by atoms with Gasteiger partial charge in [-0.3, -0.25) is 4.79 Å². The highest BCUT2D eigenvalue weighted by Gasteiger charge is 2.38. The molecule has 1 aliphatic rings. The fraction of sp³-hybridized carbons (Fsp3) is 0.467. The number of amides is 1. The van der Waals surface area contributed by atoms with Gasteiger partial charge < -0.3 is 20.5 Å². The van der Waals surface area contributed by atoms with Crippen LogP contribution in [-0.4, -0.2) is 30.8 Å². The van der Waals surface area contributed by atoms with E-state index in [0.29, 0.717) is 25.9 Å². The molecule has 1 aliphatic heterocycles. The molecule has 0 aromatic heterocycles. The molecule has 1 amide bonds. The minimum atomic E-state index is -0.854. The first-order valence-electron chi connectivity index (χ1n) is 6.98. The van der Waals surface area contributed by atoms with Crippen LogP contribution in [0, 0.1) is 0 Å². The minimum Gasteiger partial charge on any atom is -0.461 e. The monoisotopic (exact) mass is 292 g/mol. The highest BCUT2D eigenvalue weighted by Crippen LogP contribution is 2.27. The van der Waals surface area contributed by atoms with Gasteiger partial charge in [-0.05, 0) is 18.7 Å². The number of carbonyl (C=O) groups excluding carboxylic acids is 2. The standard InChI is InChI=1S/C15H20N2O4/c16-14(19)21-15(6-8-17-9-7-15)10-13(18)20-11-12-4-2-1-3-5-12/h1-5,17H,6-11H2,(H2,16,19). The molecule has 114 valence electrons. The molecule has 1 saturated heterocycles. The van der Waals surface area contributed by atoms with E-state index in [1.807, 2.05) is 30.3 Å². The molecule has 3 N–H and O–H groups in total. The Bertz CT molecular complexity index is 484. The molecule has 6 nitrogen and oxygen atoms in total. The zero-order valence-electron chi connectivity index (χ0n) is 11.8. The number of hydrogen-bond acceptors (Lipinski definition) is 5. The van der Waals surface area contributed by atoms with Crippen molar-refractivity contribution in [1.82, 2.24) is 5.32 Å². The van der Waals surface area contributed by atoms with Crippen molar-refractivity contribution >= 4 is 12.1 Å². The number of rotatable bonds is 5. The lowest BCUT2D eigenvalue weighted by Crippen LogP contribution is -2.47. The summed E-state index contributed by atoms with van der Waals surface area (Å²) in [4.78, 5) is 23.1. The van der Waals surface area contributed by atoms with E-state index in [0.717, 1.165) is 5.56 Å². The van der Waals surface area contributed by atoms with E-state index in [2.05, 4.69) is 5.32 Å². The summed E-state index contributed by atoms with van der Waals surface area (Å²) in [5.41, 5.74) is 5.19. The summed E-state index contributed by atoms with van der Waals surface area (Å²) in [6, 6.07) is 9.43. The fourth-order valence-electron chi connectivity index (χ4n) is 2.46. The molecule has 0 aliphatic carbocycles. The topological polar surface area (TPSA) is 90.7 Å². The molecule has 21 heavy (non-hydrogen) atoms. The summed E-state index contributed by atoms with van der Waals surface area (Å²) in [5, 5.41) is 3.16. The van der Waals surface area contributed by atoms with Gasteiger partial charge in [0, 0.05) is 12.8 Å². The van der Waals surface area contributed by atoms with Crippen molar-refractivity contribution in [3.63, 3.8) is 0 Å². The van der Waals surface area contributed by atoms with Gasteiger partial charge in [0.15, 0.2) is 0 Å². The van der Waals surface area contributed by atoms with Crippen LogP contribution in [0.2, 0.25) is 0 Å². The summed E-state index contributed by atoms with van der Waals surface area (Å²) in [5.74, 6) is -0.387. The minimum absolute atomic E-state index is 0.0322. The number of ether oxygens (including phenoxy) is 2. The lowest BCUT2D eigenvalue weighted by Gasteiger charge is -2.35. The maximum Gasteiger partial charge on any atom is 0.405 e.